The molecule has 1 aliphatic heterocycles. The number of halogens is 1. The number of aliphatic imine (C=N–C) groups is 1. The van der Waals surface area contributed by atoms with Gasteiger partial charge in [0.1, 0.15) is 5.82 Å². The molecule has 1 saturated carbocycles. The highest BCUT2D eigenvalue weighted by atomic mass is 19.1. The van der Waals surface area contributed by atoms with Crippen molar-refractivity contribution in [1.82, 2.24) is 10.6 Å². The molecule has 2 aliphatic rings. The van der Waals surface area contributed by atoms with Crippen LogP contribution in [0.1, 0.15) is 51.0 Å². The third-order valence-corrected chi connectivity index (χ3v) is 5.28. The van der Waals surface area contributed by atoms with Gasteiger partial charge >= 0.3 is 0 Å². The molecule has 1 aromatic carbocycles. The summed E-state index contributed by atoms with van der Waals surface area (Å²) < 4.78 is 14.5. The van der Waals surface area contributed by atoms with E-state index >= 15 is 0 Å². The van der Waals surface area contributed by atoms with E-state index in [0.29, 0.717) is 44.2 Å². The molecule has 0 spiro atoms. The Morgan fingerprint density at radius 2 is 1.96 bits per heavy atom. The van der Waals surface area contributed by atoms with E-state index in [9.17, 15) is 9.50 Å². The third kappa shape index (κ3) is 5.10. The molecule has 0 unspecified atom stereocenters. The highest BCUT2D eigenvalue weighted by Crippen LogP contribution is 2.24. The Labute approximate surface area is 155 Å². The van der Waals surface area contributed by atoms with Gasteiger partial charge in [-0.05, 0) is 50.3 Å². The van der Waals surface area contributed by atoms with Crippen LogP contribution in [-0.4, -0.2) is 42.8 Å². The smallest absolute Gasteiger partial charge is 0.191 e. The lowest BCUT2D eigenvalue weighted by molar-refractivity contribution is 0.145. The molecule has 1 aliphatic carbocycles. The van der Waals surface area contributed by atoms with Gasteiger partial charge in [-0.1, -0.05) is 18.9 Å². The van der Waals surface area contributed by atoms with Crippen molar-refractivity contribution < 1.29 is 9.50 Å². The number of nitrogens with one attached hydrogen (secondary N) is 2. The quantitative estimate of drug-likeness (QED) is 0.557. The highest BCUT2D eigenvalue weighted by molar-refractivity contribution is 5.80. The molecule has 2 fully saturated rings. The normalized spacial score (nSPS) is 19.8. The molecule has 1 saturated heterocycles. The van der Waals surface area contributed by atoms with Crippen molar-refractivity contribution in [2.24, 2.45) is 4.99 Å². The number of guanidine groups is 1. The van der Waals surface area contributed by atoms with Gasteiger partial charge in [-0.15, -0.1) is 0 Å². The lowest BCUT2D eigenvalue weighted by atomic mass is 10.1. The molecule has 0 bridgehead atoms. The Morgan fingerprint density at radius 1 is 1.23 bits per heavy atom. The fourth-order valence-electron chi connectivity index (χ4n) is 3.77. The Morgan fingerprint density at radius 3 is 2.62 bits per heavy atom. The number of nitrogens with zero attached hydrogens (tertiary/aromatic N) is 2. The van der Waals surface area contributed by atoms with E-state index in [2.05, 4.69) is 22.5 Å². The average Bonchev–Trinajstić information content (AvgIpc) is 3.14. The summed E-state index contributed by atoms with van der Waals surface area (Å²) in [5.74, 6) is 0.608. The number of rotatable bonds is 5. The maximum absolute atomic E-state index is 14.5. The van der Waals surface area contributed by atoms with E-state index in [4.69, 9.17) is 0 Å². The Hall–Kier alpha value is -1.82. The van der Waals surface area contributed by atoms with Crippen LogP contribution in [0.25, 0.3) is 0 Å². The zero-order valence-corrected chi connectivity index (χ0v) is 15.7. The Bertz CT molecular complexity index is 608. The zero-order chi connectivity index (χ0) is 18.4. The molecule has 0 atom stereocenters. The summed E-state index contributed by atoms with van der Waals surface area (Å²) >= 11 is 0. The van der Waals surface area contributed by atoms with Crippen LogP contribution in [0.3, 0.4) is 0 Å². The van der Waals surface area contributed by atoms with Gasteiger partial charge in [0.15, 0.2) is 5.96 Å². The lowest BCUT2D eigenvalue weighted by Gasteiger charge is -2.31. The third-order valence-electron chi connectivity index (χ3n) is 5.28. The summed E-state index contributed by atoms with van der Waals surface area (Å²) in [4.78, 5) is 6.64. The molecule has 3 N–H and O–H groups in total. The Balaban J connectivity index is 1.62. The molecule has 26 heavy (non-hydrogen) atoms. The number of benzene rings is 1. The van der Waals surface area contributed by atoms with Gasteiger partial charge in [-0.25, -0.2) is 9.38 Å². The van der Waals surface area contributed by atoms with Crippen molar-refractivity contribution in [2.45, 2.75) is 64.1 Å². The molecule has 0 aromatic heterocycles. The second-order valence-electron chi connectivity index (χ2n) is 7.32. The minimum Gasteiger partial charge on any atom is -0.393 e. The van der Waals surface area contributed by atoms with Crippen molar-refractivity contribution >= 4 is 11.6 Å². The van der Waals surface area contributed by atoms with Crippen molar-refractivity contribution in [3.8, 4) is 0 Å². The molecule has 3 rings (SSSR count). The number of anilines is 1. The predicted molar refractivity (Wildman–Crippen MR) is 104 cm³/mol. The van der Waals surface area contributed by atoms with E-state index in [1.54, 1.807) is 6.07 Å². The van der Waals surface area contributed by atoms with Crippen molar-refractivity contribution in [1.29, 1.82) is 0 Å². The summed E-state index contributed by atoms with van der Waals surface area (Å²) in [5.41, 5.74) is 1.49. The molecule has 6 heteroatoms. The van der Waals surface area contributed by atoms with Crippen LogP contribution in [0, 0.1) is 5.82 Å². The fraction of sp³-hybridized carbons (Fsp3) is 0.650. The molecule has 5 nitrogen and oxygen atoms in total. The number of aliphatic hydroxyl groups excluding tert-OH is 1. The first-order valence-corrected chi connectivity index (χ1v) is 9.92. The Kier molecular flexibility index (Phi) is 6.72. The van der Waals surface area contributed by atoms with Gasteiger partial charge in [0.05, 0.1) is 18.3 Å². The zero-order valence-electron chi connectivity index (χ0n) is 15.7. The average molecular weight is 362 g/mol. The van der Waals surface area contributed by atoms with Crippen LogP contribution in [0.15, 0.2) is 23.2 Å². The number of piperidine rings is 1. The van der Waals surface area contributed by atoms with Gasteiger partial charge in [0, 0.05) is 25.7 Å². The maximum Gasteiger partial charge on any atom is 0.191 e. The predicted octanol–water partition coefficient (Wildman–Crippen LogP) is 2.78. The monoisotopic (exact) mass is 362 g/mol. The van der Waals surface area contributed by atoms with Crippen LogP contribution >= 0.6 is 0 Å². The second-order valence-corrected chi connectivity index (χ2v) is 7.32. The summed E-state index contributed by atoms with van der Waals surface area (Å²) in [6.07, 6.45) is 6.08. The number of hydrogen-bond acceptors (Lipinski definition) is 3. The van der Waals surface area contributed by atoms with Gasteiger partial charge in [-0.2, -0.15) is 0 Å². The van der Waals surface area contributed by atoms with E-state index in [1.807, 2.05) is 17.0 Å². The van der Waals surface area contributed by atoms with Gasteiger partial charge in [-0.3, -0.25) is 0 Å². The summed E-state index contributed by atoms with van der Waals surface area (Å²) in [6.45, 7) is 4.72. The van der Waals surface area contributed by atoms with Crippen LogP contribution in [0.4, 0.5) is 10.1 Å². The van der Waals surface area contributed by atoms with Gasteiger partial charge in [0.2, 0.25) is 0 Å². The van der Waals surface area contributed by atoms with Gasteiger partial charge in [0.25, 0.3) is 0 Å². The first kappa shape index (κ1) is 19.0. The lowest BCUT2D eigenvalue weighted by Crippen LogP contribution is -2.42. The first-order chi connectivity index (χ1) is 12.7. The van der Waals surface area contributed by atoms with Crippen molar-refractivity contribution in [3.63, 3.8) is 0 Å². The van der Waals surface area contributed by atoms with Crippen molar-refractivity contribution in [3.05, 3.63) is 29.6 Å². The molecular weight excluding hydrogens is 331 g/mol. The molecular formula is C20H31FN4O. The summed E-state index contributed by atoms with van der Waals surface area (Å²) in [6, 6.07) is 5.88. The molecule has 144 valence electrons. The van der Waals surface area contributed by atoms with Crippen LogP contribution in [0.2, 0.25) is 0 Å². The SMILES string of the molecule is CCNC(=NCc1ccc(N2CCC(O)CC2)c(F)c1)NC1CCCC1. The summed E-state index contributed by atoms with van der Waals surface area (Å²) in [7, 11) is 0. The maximum atomic E-state index is 14.5. The van der Waals surface area contributed by atoms with Crippen molar-refractivity contribution in [2.75, 3.05) is 24.5 Å². The first-order valence-electron chi connectivity index (χ1n) is 9.92. The van der Waals surface area contributed by atoms with Crippen LogP contribution in [0.5, 0.6) is 0 Å². The minimum atomic E-state index is -0.250. The molecule has 0 amide bonds. The topological polar surface area (TPSA) is 59.9 Å². The largest absolute Gasteiger partial charge is 0.393 e. The minimum absolute atomic E-state index is 0.206. The molecule has 1 aromatic rings. The van der Waals surface area contributed by atoms with Crippen LogP contribution in [-0.2, 0) is 6.54 Å². The van der Waals surface area contributed by atoms with E-state index in [-0.39, 0.29) is 11.9 Å². The standard InChI is InChI=1S/C20H31FN4O/c1-2-22-20(24-16-5-3-4-6-16)23-14-15-7-8-19(18(21)13-15)25-11-9-17(26)10-12-25/h7-8,13,16-17,26H,2-6,9-12,14H2,1H3,(H2,22,23,24). The van der Waals surface area contributed by atoms with Gasteiger partial charge < -0.3 is 20.6 Å². The van der Waals surface area contributed by atoms with E-state index in [1.165, 1.54) is 25.7 Å². The number of aliphatic hydroxyl groups is 1. The number of hydrogen-bond donors (Lipinski definition) is 3. The van der Waals surface area contributed by atoms with Crippen LogP contribution < -0.4 is 15.5 Å². The fourth-order valence-corrected chi connectivity index (χ4v) is 3.77. The summed E-state index contributed by atoms with van der Waals surface area (Å²) in [5, 5.41) is 16.4. The second kappa shape index (κ2) is 9.21. The van der Waals surface area contributed by atoms with E-state index in [0.717, 1.165) is 18.1 Å². The highest BCUT2D eigenvalue weighted by Gasteiger charge is 2.20. The van der Waals surface area contributed by atoms with E-state index < -0.39 is 0 Å². The molecule has 0 radical (unpaired) electrons. The molecule has 1 heterocycles.